The van der Waals surface area contributed by atoms with Gasteiger partial charge in [-0.15, -0.1) is 11.3 Å². The lowest BCUT2D eigenvalue weighted by molar-refractivity contribution is -0.117. The molecule has 1 amide bonds. The van der Waals surface area contributed by atoms with E-state index >= 15 is 0 Å². The minimum Gasteiger partial charge on any atom is -0.324 e. The van der Waals surface area contributed by atoms with Crippen molar-refractivity contribution in [3.63, 3.8) is 0 Å². The van der Waals surface area contributed by atoms with Crippen molar-refractivity contribution in [2.45, 2.75) is 25.2 Å². The number of thiophene rings is 1. The second kappa shape index (κ2) is 5.88. The predicted octanol–water partition coefficient (Wildman–Crippen LogP) is 4.33. The topological polar surface area (TPSA) is 52.9 Å². The molecule has 0 saturated heterocycles. The van der Waals surface area contributed by atoms with Crippen molar-refractivity contribution in [2.75, 3.05) is 5.32 Å². The zero-order valence-electron chi connectivity index (χ0n) is 11.2. The Bertz CT molecular complexity index is 732. The Morgan fingerprint density at radius 1 is 1.43 bits per heavy atom. The van der Waals surface area contributed by atoms with Crippen molar-refractivity contribution >= 4 is 34.5 Å². The SMILES string of the molecule is N#Cc1ccc(Cl)c(NC(=O)C2CCCc3sccc32)c1. The summed E-state index contributed by atoms with van der Waals surface area (Å²) in [6.45, 7) is 0. The van der Waals surface area contributed by atoms with Crippen molar-refractivity contribution in [1.82, 2.24) is 0 Å². The van der Waals surface area contributed by atoms with Crippen LogP contribution in [0.15, 0.2) is 29.6 Å². The molecule has 3 nitrogen and oxygen atoms in total. The number of nitriles is 1. The number of nitrogens with zero attached hydrogens (tertiary/aromatic N) is 1. The third-order valence-electron chi connectivity index (χ3n) is 3.72. The van der Waals surface area contributed by atoms with Crippen LogP contribution in [0.3, 0.4) is 0 Å². The summed E-state index contributed by atoms with van der Waals surface area (Å²) in [4.78, 5) is 13.8. The van der Waals surface area contributed by atoms with E-state index in [9.17, 15) is 4.79 Å². The molecular formula is C16H13ClN2OS. The molecule has 0 fully saturated rings. The quantitative estimate of drug-likeness (QED) is 0.896. The summed E-state index contributed by atoms with van der Waals surface area (Å²) in [5.74, 6) is -0.173. The summed E-state index contributed by atoms with van der Waals surface area (Å²) in [5.41, 5.74) is 2.12. The molecular weight excluding hydrogens is 304 g/mol. The zero-order valence-corrected chi connectivity index (χ0v) is 12.8. The molecule has 0 spiro atoms. The Hall–Kier alpha value is -1.83. The summed E-state index contributed by atoms with van der Waals surface area (Å²) in [6, 6.07) is 8.96. The first-order chi connectivity index (χ1) is 10.2. The fourth-order valence-electron chi connectivity index (χ4n) is 2.67. The average molecular weight is 317 g/mol. The molecule has 1 aliphatic carbocycles. The predicted molar refractivity (Wildman–Crippen MR) is 84.8 cm³/mol. The first kappa shape index (κ1) is 14.1. The van der Waals surface area contributed by atoms with Gasteiger partial charge in [-0.2, -0.15) is 5.26 Å². The lowest BCUT2D eigenvalue weighted by Gasteiger charge is -2.22. The molecule has 1 aliphatic rings. The monoisotopic (exact) mass is 316 g/mol. The number of hydrogen-bond acceptors (Lipinski definition) is 3. The summed E-state index contributed by atoms with van der Waals surface area (Å²) >= 11 is 7.81. The average Bonchev–Trinajstić information content (AvgIpc) is 2.97. The molecule has 0 radical (unpaired) electrons. The van der Waals surface area contributed by atoms with Gasteiger partial charge >= 0.3 is 0 Å². The van der Waals surface area contributed by atoms with Gasteiger partial charge in [0.15, 0.2) is 0 Å². The van der Waals surface area contributed by atoms with E-state index < -0.39 is 0 Å². The fourth-order valence-corrected chi connectivity index (χ4v) is 3.82. The Kier molecular flexibility index (Phi) is 3.96. The highest BCUT2D eigenvalue weighted by atomic mass is 35.5. The number of amides is 1. The molecule has 1 aromatic heterocycles. The van der Waals surface area contributed by atoms with Gasteiger partial charge in [-0.3, -0.25) is 4.79 Å². The van der Waals surface area contributed by atoms with Gasteiger partial charge in [0.1, 0.15) is 0 Å². The van der Waals surface area contributed by atoms with E-state index in [-0.39, 0.29) is 11.8 Å². The van der Waals surface area contributed by atoms with Crippen LogP contribution in [0.5, 0.6) is 0 Å². The van der Waals surface area contributed by atoms with E-state index in [1.165, 1.54) is 4.88 Å². The smallest absolute Gasteiger partial charge is 0.231 e. The lowest BCUT2D eigenvalue weighted by Crippen LogP contribution is -2.24. The molecule has 1 unspecified atom stereocenters. The molecule has 1 atom stereocenters. The molecule has 21 heavy (non-hydrogen) atoms. The number of anilines is 1. The highest BCUT2D eigenvalue weighted by Gasteiger charge is 2.27. The van der Waals surface area contributed by atoms with Crippen LogP contribution in [-0.2, 0) is 11.2 Å². The van der Waals surface area contributed by atoms with Crippen LogP contribution < -0.4 is 5.32 Å². The van der Waals surface area contributed by atoms with Gasteiger partial charge in [-0.25, -0.2) is 0 Å². The first-order valence-corrected chi connectivity index (χ1v) is 8.01. The number of fused-ring (bicyclic) bond motifs is 1. The minimum atomic E-state index is -0.123. The van der Waals surface area contributed by atoms with Gasteiger partial charge < -0.3 is 5.32 Å². The molecule has 0 aliphatic heterocycles. The fraction of sp³-hybridized carbons (Fsp3) is 0.250. The number of carbonyl (C=O) groups excluding carboxylic acids is 1. The van der Waals surface area contributed by atoms with E-state index in [4.69, 9.17) is 16.9 Å². The van der Waals surface area contributed by atoms with Crippen molar-refractivity contribution in [1.29, 1.82) is 5.26 Å². The third-order valence-corrected chi connectivity index (χ3v) is 5.05. The van der Waals surface area contributed by atoms with Crippen LogP contribution in [0.4, 0.5) is 5.69 Å². The van der Waals surface area contributed by atoms with Crippen LogP contribution in [0.1, 0.15) is 34.8 Å². The van der Waals surface area contributed by atoms with Crippen molar-refractivity contribution < 1.29 is 4.79 Å². The number of aryl methyl sites for hydroxylation is 1. The summed E-state index contributed by atoms with van der Waals surface area (Å²) < 4.78 is 0. The second-order valence-corrected chi connectivity index (χ2v) is 6.45. The van der Waals surface area contributed by atoms with Crippen molar-refractivity contribution in [3.05, 3.63) is 50.7 Å². The summed E-state index contributed by atoms with van der Waals surface area (Å²) in [6.07, 6.45) is 2.93. The molecule has 0 bridgehead atoms. The third kappa shape index (κ3) is 2.80. The zero-order chi connectivity index (χ0) is 14.8. The van der Waals surface area contributed by atoms with Gasteiger partial charge in [0, 0.05) is 4.88 Å². The number of halogens is 1. The van der Waals surface area contributed by atoms with Crippen LogP contribution in [0.25, 0.3) is 0 Å². The lowest BCUT2D eigenvalue weighted by atomic mass is 9.87. The van der Waals surface area contributed by atoms with E-state index in [1.807, 2.05) is 11.4 Å². The Labute approximate surface area is 132 Å². The molecule has 5 heteroatoms. The van der Waals surface area contributed by atoms with Gasteiger partial charge in [-0.05, 0) is 54.5 Å². The van der Waals surface area contributed by atoms with E-state index in [0.29, 0.717) is 16.3 Å². The molecule has 3 rings (SSSR count). The highest BCUT2D eigenvalue weighted by Crippen LogP contribution is 2.36. The molecule has 2 aromatic rings. The second-order valence-electron chi connectivity index (χ2n) is 5.04. The maximum Gasteiger partial charge on any atom is 0.231 e. The van der Waals surface area contributed by atoms with E-state index in [2.05, 4.69) is 11.4 Å². The van der Waals surface area contributed by atoms with Crippen LogP contribution in [0, 0.1) is 11.3 Å². The number of hydrogen-bond donors (Lipinski definition) is 1. The van der Waals surface area contributed by atoms with Crippen LogP contribution >= 0.6 is 22.9 Å². The molecule has 106 valence electrons. The van der Waals surface area contributed by atoms with Gasteiger partial charge in [-0.1, -0.05) is 11.6 Å². The van der Waals surface area contributed by atoms with Crippen molar-refractivity contribution in [3.8, 4) is 6.07 Å². The maximum absolute atomic E-state index is 12.5. The standard InChI is InChI=1S/C16H13ClN2OS/c17-13-5-4-10(9-18)8-14(13)19-16(20)12-2-1-3-15-11(12)6-7-21-15/h4-8,12H,1-3H2,(H,19,20). The number of carbonyl (C=O) groups is 1. The highest BCUT2D eigenvalue weighted by molar-refractivity contribution is 7.10. The normalized spacial score (nSPS) is 16.9. The first-order valence-electron chi connectivity index (χ1n) is 6.76. The maximum atomic E-state index is 12.5. The molecule has 1 heterocycles. The summed E-state index contributed by atoms with van der Waals surface area (Å²) in [7, 11) is 0. The molecule has 1 aromatic carbocycles. The van der Waals surface area contributed by atoms with E-state index in [0.717, 1.165) is 24.8 Å². The van der Waals surface area contributed by atoms with E-state index in [1.54, 1.807) is 29.5 Å². The molecule has 1 N–H and O–H groups in total. The largest absolute Gasteiger partial charge is 0.324 e. The number of nitrogens with one attached hydrogen (secondary N) is 1. The Morgan fingerprint density at radius 3 is 3.10 bits per heavy atom. The van der Waals surface area contributed by atoms with Crippen LogP contribution in [0.2, 0.25) is 5.02 Å². The van der Waals surface area contributed by atoms with Gasteiger partial charge in [0.25, 0.3) is 0 Å². The Balaban J connectivity index is 1.84. The van der Waals surface area contributed by atoms with Gasteiger partial charge in [0.2, 0.25) is 5.91 Å². The van der Waals surface area contributed by atoms with Gasteiger partial charge in [0.05, 0.1) is 28.3 Å². The number of rotatable bonds is 2. The molecule has 0 saturated carbocycles. The van der Waals surface area contributed by atoms with Crippen LogP contribution in [-0.4, -0.2) is 5.91 Å². The van der Waals surface area contributed by atoms with Crippen molar-refractivity contribution in [2.24, 2.45) is 0 Å². The summed E-state index contributed by atoms with van der Waals surface area (Å²) in [5, 5.41) is 14.3. The Morgan fingerprint density at radius 2 is 2.29 bits per heavy atom. The number of benzene rings is 1. The minimum absolute atomic E-state index is 0.0497.